The largest absolute Gasteiger partial charge is 0.416 e. The van der Waals surface area contributed by atoms with E-state index in [0.717, 1.165) is 12.3 Å². The molecule has 0 bridgehead atoms. The van der Waals surface area contributed by atoms with E-state index in [2.05, 4.69) is 4.98 Å². The quantitative estimate of drug-likeness (QED) is 0.262. The number of halogens is 12. The molecule has 0 aliphatic carbocycles. The summed E-state index contributed by atoms with van der Waals surface area (Å²) in [6.45, 7) is 0. The molecule has 0 atom stereocenters. The zero-order valence-electron chi connectivity index (χ0n) is 16.7. The van der Waals surface area contributed by atoms with Crippen LogP contribution in [0.5, 0.6) is 0 Å². The number of nitrogens with zero attached hydrogens (tertiary/aromatic N) is 1. The van der Waals surface area contributed by atoms with Gasteiger partial charge in [-0.2, -0.15) is 52.7 Å². The van der Waals surface area contributed by atoms with Crippen LogP contribution in [-0.2, 0) is 24.7 Å². The smallest absolute Gasteiger partial charge is 0.256 e. The Morgan fingerprint density at radius 2 is 0.829 bits per heavy atom. The minimum atomic E-state index is -5.29. The van der Waals surface area contributed by atoms with Crippen LogP contribution < -0.4 is 16.0 Å². The number of aromatic nitrogens is 1. The van der Waals surface area contributed by atoms with Crippen molar-refractivity contribution >= 4 is 24.0 Å². The fourth-order valence-electron chi connectivity index (χ4n) is 3.03. The topological polar surface area (TPSA) is 12.9 Å². The molecule has 0 N–H and O–H groups in total. The van der Waals surface area contributed by atoms with Crippen molar-refractivity contribution in [1.82, 2.24) is 4.98 Å². The number of hydrogen-bond donors (Lipinski definition) is 0. The Bertz CT molecular complexity index is 1050. The second-order valence-corrected chi connectivity index (χ2v) is 9.21. The summed E-state index contributed by atoms with van der Waals surface area (Å²) in [6.07, 6.45) is -20.1. The summed E-state index contributed by atoms with van der Waals surface area (Å²) in [5.41, 5.74) is -7.38. The Labute approximate surface area is 190 Å². The second kappa shape index (κ2) is 9.00. The Hall–Kier alpha value is -2.82. The lowest BCUT2D eigenvalue weighted by atomic mass is 10.1. The molecule has 3 aromatic rings. The molecule has 0 saturated heterocycles. The van der Waals surface area contributed by atoms with E-state index in [1.165, 1.54) is 12.1 Å². The number of rotatable bonds is 3. The molecule has 35 heavy (non-hydrogen) atoms. The second-order valence-electron chi connectivity index (χ2n) is 7.05. The standard InChI is InChI=1S/C21H10F12NP/c22-18(23,24)11-5-12(19(25,26)27)8-15(7-11)35(17-3-1-2-4-34-17)16-9-13(20(28,29)30)6-14(10-16)21(31,32)33/h1-10H. The van der Waals surface area contributed by atoms with E-state index >= 15 is 0 Å². The third kappa shape index (κ3) is 6.25. The fourth-order valence-corrected chi connectivity index (χ4v) is 5.35. The Morgan fingerprint density at radius 3 is 1.09 bits per heavy atom. The number of pyridine rings is 1. The third-order valence-corrected chi connectivity index (χ3v) is 6.81. The van der Waals surface area contributed by atoms with E-state index in [1.807, 2.05) is 0 Å². The van der Waals surface area contributed by atoms with Crippen LogP contribution >= 0.6 is 7.92 Å². The van der Waals surface area contributed by atoms with Gasteiger partial charge in [0.05, 0.1) is 27.7 Å². The van der Waals surface area contributed by atoms with Gasteiger partial charge in [-0.05, 0) is 59.1 Å². The highest BCUT2D eigenvalue weighted by Crippen LogP contribution is 2.42. The van der Waals surface area contributed by atoms with E-state index < -0.39 is 65.5 Å². The maximum absolute atomic E-state index is 13.4. The lowest BCUT2D eigenvalue weighted by molar-refractivity contribution is -0.144. The van der Waals surface area contributed by atoms with Gasteiger partial charge in [-0.1, -0.05) is 6.07 Å². The van der Waals surface area contributed by atoms with Crippen molar-refractivity contribution in [2.24, 2.45) is 0 Å². The van der Waals surface area contributed by atoms with Crippen LogP contribution in [0.2, 0.25) is 0 Å². The van der Waals surface area contributed by atoms with Crippen LogP contribution in [0.3, 0.4) is 0 Å². The van der Waals surface area contributed by atoms with Crippen LogP contribution in [0.25, 0.3) is 0 Å². The van der Waals surface area contributed by atoms with Gasteiger partial charge in [-0.3, -0.25) is 4.98 Å². The number of alkyl halides is 12. The minimum Gasteiger partial charge on any atom is -0.256 e. The van der Waals surface area contributed by atoms with Gasteiger partial charge in [-0.25, -0.2) is 0 Å². The normalized spacial score (nSPS) is 13.4. The van der Waals surface area contributed by atoms with Crippen LogP contribution in [0.15, 0.2) is 60.8 Å². The van der Waals surface area contributed by atoms with Gasteiger partial charge in [-0.15, -0.1) is 0 Å². The highest BCUT2D eigenvalue weighted by molar-refractivity contribution is 7.79. The predicted octanol–water partition coefficient (Wildman–Crippen LogP) is 6.92. The van der Waals surface area contributed by atoms with Crippen molar-refractivity contribution in [3.05, 3.63) is 83.0 Å². The summed E-state index contributed by atoms with van der Waals surface area (Å²) in [7, 11) is -2.81. The first-order valence-corrected chi connectivity index (χ1v) is 10.5. The molecule has 1 nitrogen and oxygen atoms in total. The average Bonchev–Trinajstić information content (AvgIpc) is 2.72. The predicted molar refractivity (Wildman–Crippen MR) is 103 cm³/mol. The van der Waals surface area contributed by atoms with E-state index in [0.29, 0.717) is 0 Å². The van der Waals surface area contributed by atoms with Crippen molar-refractivity contribution < 1.29 is 52.7 Å². The van der Waals surface area contributed by atoms with E-state index in [1.54, 1.807) is 0 Å². The molecule has 1 heterocycles. The summed E-state index contributed by atoms with van der Waals surface area (Å²) in [5.74, 6) is 0. The van der Waals surface area contributed by atoms with Crippen LogP contribution in [0.1, 0.15) is 22.3 Å². The highest BCUT2D eigenvalue weighted by atomic mass is 31.1. The molecule has 0 radical (unpaired) electrons. The molecule has 188 valence electrons. The third-order valence-electron chi connectivity index (χ3n) is 4.54. The molecule has 0 amide bonds. The Morgan fingerprint density at radius 1 is 0.486 bits per heavy atom. The molecule has 0 spiro atoms. The van der Waals surface area contributed by atoms with E-state index in [-0.39, 0.29) is 41.8 Å². The molecule has 0 aliphatic heterocycles. The molecule has 14 heteroatoms. The molecule has 0 aliphatic rings. The van der Waals surface area contributed by atoms with Crippen LogP contribution in [0.4, 0.5) is 52.7 Å². The summed E-state index contributed by atoms with van der Waals surface area (Å²) >= 11 is 0. The number of benzene rings is 2. The molecule has 0 unspecified atom stereocenters. The first-order valence-electron chi connectivity index (χ1n) is 9.17. The van der Waals surface area contributed by atoms with Crippen molar-refractivity contribution in [2.45, 2.75) is 24.7 Å². The minimum absolute atomic E-state index is 0.192. The van der Waals surface area contributed by atoms with Gasteiger partial charge in [0.15, 0.2) is 0 Å². The van der Waals surface area contributed by atoms with Crippen molar-refractivity contribution in [3.8, 4) is 0 Å². The SMILES string of the molecule is FC(F)(F)c1cc(P(c2cc(C(F)(F)F)cc(C(F)(F)F)c2)c2ccccn2)cc(C(F)(F)F)c1. The molecule has 1 aromatic heterocycles. The summed E-state index contributed by atoms with van der Waals surface area (Å²) in [6, 6.07) is 4.32. The maximum Gasteiger partial charge on any atom is 0.416 e. The maximum atomic E-state index is 13.4. The van der Waals surface area contributed by atoms with Gasteiger partial charge >= 0.3 is 24.7 Å². The summed E-state index contributed by atoms with van der Waals surface area (Å²) in [4.78, 5) is 3.80. The van der Waals surface area contributed by atoms with Crippen molar-refractivity contribution in [1.29, 1.82) is 0 Å². The van der Waals surface area contributed by atoms with Gasteiger partial charge in [0.2, 0.25) is 0 Å². The molecular formula is C21H10F12NP. The van der Waals surface area contributed by atoms with Gasteiger partial charge < -0.3 is 0 Å². The fraction of sp³-hybridized carbons (Fsp3) is 0.190. The van der Waals surface area contributed by atoms with Crippen LogP contribution in [-0.4, -0.2) is 4.98 Å². The van der Waals surface area contributed by atoms with Crippen LogP contribution in [0, 0.1) is 0 Å². The average molecular weight is 535 g/mol. The first-order chi connectivity index (χ1) is 15.9. The molecule has 3 rings (SSSR count). The van der Waals surface area contributed by atoms with E-state index in [9.17, 15) is 52.7 Å². The molecule has 0 saturated carbocycles. The zero-order valence-corrected chi connectivity index (χ0v) is 17.6. The summed E-state index contributed by atoms with van der Waals surface area (Å²) < 4.78 is 160. The highest BCUT2D eigenvalue weighted by Gasteiger charge is 2.40. The number of hydrogen-bond acceptors (Lipinski definition) is 1. The molecular weight excluding hydrogens is 525 g/mol. The summed E-state index contributed by atoms with van der Waals surface area (Å²) in [5, 5.41) is -1.57. The zero-order chi connectivity index (χ0) is 26.4. The Balaban J connectivity index is 2.40. The van der Waals surface area contributed by atoms with Gasteiger partial charge in [0.1, 0.15) is 0 Å². The molecule has 0 fully saturated rings. The molecule has 2 aromatic carbocycles. The van der Waals surface area contributed by atoms with E-state index in [4.69, 9.17) is 0 Å². The van der Waals surface area contributed by atoms with Gasteiger partial charge in [0.25, 0.3) is 0 Å². The lowest BCUT2D eigenvalue weighted by Crippen LogP contribution is -2.27. The first kappa shape index (κ1) is 26.8. The van der Waals surface area contributed by atoms with Crippen molar-refractivity contribution in [3.63, 3.8) is 0 Å². The van der Waals surface area contributed by atoms with Crippen molar-refractivity contribution in [2.75, 3.05) is 0 Å². The monoisotopic (exact) mass is 535 g/mol. The van der Waals surface area contributed by atoms with Gasteiger partial charge in [0, 0.05) is 14.1 Å². The Kier molecular flexibility index (Phi) is 6.88. The lowest BCUT2D eigenvalue weighted by Gasteiger charge is -2.23.